The molecule has 0 radical (unpaired) electrons. The van der Waals surface area contributed by atoms with Crippen LogP contribution in [0.2, 0.25) is 10.0 Å². The Hall–Kier alpha value is -1.95. The number of halogens is 2. The Bertz CT molecular complexity index is 753. The van der Waals surface area contributed by atoms with Gasteiger partial charge >= 0.3 is 0 Å². The molecule has 0 aliphatic rings. The van der Waals surface area contributed by atoms with Crippen molar-refractivity contribution in [2.75, 3.05) is 33.1 Å². The molecule has 0 saturated carbocycles. The van der Waals surface area contributed by atoms with E-state index in [1.165, 1.54) is 0 Å². The van der Waals surface area contributed by atoms with Crippen LogP contribution in [0.3, 0.4) is 0 Å². The summed E-state index contributed by atoms with van der Waals surface area (Å²) in [5.41, 5.74) is 1.62. The summed E-state index contributed by atoms with van der Waals surface area (Å²) >= 11 is 11.9. The molecule has 2 rings (SSSR count). The fraction of sp³-hybridized carbons (Fsp3) is 0.278. The molecular formula is C18H21Cl2N2O3+. The molecule has 134 valence electrons. The van der Waals surface area contributed by atoms with Gasteiger partial charge in [0, 0.05) is 11.6 Å². The van der Waals surface area contributed by atoms with Crippen molar-refractivity contribution in [3.8, 4) is 11.5 Å². The molecular weight excluding hydrogens is 363 g/mol. The zero-order valence-corrected chi connectivity index (χ0v) is 15.9. The SMILES string of the molecule is COc1ccc(NC(=O)C[NH+](C)Cc2ccc(Cl)c(Cl)c2)c(OC)c1. The molecule has 0 aromatic heterocycles. The maximum absolute atomic E-state index is 12.3. The molecule has 0 aliphatic heterocycles. The molecule has 0 aliphatic carbocycles. The fourth-order valence-electron chi connectivity index (χ4n) is 2.43. The predicted molar refractivity (Wildman–Crippen MR) is 100 cm³/mol. The van der Waals surface area contributed by atoms with Gasteiger partial charge in [0.1, 0.15) is 18.0 Å². The van der Waals surface area contributed by atoms with Gasteiger partial charge in [0.05, 0.1) is 37.0 Å². The van der Waals surface area contributed by atoms with E-state index >= 15 is 0 Å². The molecule has 0 fully saturated rings. The van der Waals surface area contributed by atoms with E-state index in [1.54, 1.807) is 38.5 Å². The second-order valence-corrected chi connectivity index (χ2v) is 6.49. The van der Waals surface area contributed by atoms with Crippen molar-refractivity contribution in [3.63, 3.8) is 0 Å². The van der Waals surface area contributed by atoms with Crippen molar-refractivity contribution < 1.29 is 19.2 Å². The first-order valence-electron chi connectivity index (χ1n) is 7.70. The molecule has 1 unspecified atom stereocenters. The highest BCUT2D eigenvalue weighted by molar-refractivity contribution is 6.42. The van der Waals surface area contributed by atoms with Crippen molar-refractivity contribution in [1.29, 1.82) is 0 Å². The Balaban J connectivity index is 1.96. The highest BCUT2D eigenvalue weighted by atomic mass is 35.5. The van der Waals surface area contributed by atoms with E-state index in [9.17, 15) is 4.79 Å². The molecule has 2 aromatic carbocycles. The predicted octanol–water partition coefficient (Wildman–Crippen LogP) is 2.66. The summed E-state index contributed by atoms with van der Waals surface area (Å²) in [6.45, 7) is 0.958. The van der Waals surface area contributed by atoms with Gasteiger partial charge in [-0.05, 0) is 24.3 Å². The van der Waals surface area contributed by atoms with Crippen LogP contribution in [0.15, 0.2) is 36.4 Å². The van der Waals surface area contributed by atoms with Crippen LogP contribution in [0.4, 0.5) is 5.69 Å². The summed E-state index contributed by atoms with van der Waals surface area (Å²) in [5, 5.41) is 3.90. The number of benzene rings is 2. The number of anilines is 1. The Morgan fingerprint density at radius 3 is 2.48 bits per heavy atom. The van der Waals surface area contributed by atoms with E-state index < -0.39 is 0 Å². The summed E-state index contributed by atoms with van der Waals surface area (Å²) in [5.74, 6) is 1.10. The monoisotopic (exact) mass is 383 g/mol. The highest BCUT2D eigenvalue weighted by Crippen LogP contribution is 2.28. The third-order valence-corrected chi connectivity index (χ3v) is 4.37. The Kier molecular flexibility index (Phi) is 6.93. The molecule has 0 saturated heterocycles. The maximum Gasteiger partial charge on any atom is 0.279 e. The third-order valence-electron chi connectivity index (χ3n) is 3.64. The normalized spacial score (nSPS) is 11.7. The quantitative estimate of drug-likeness (QED) is 0.772. The number of carbonyl (C=O) groups is 1. The molecule has 2 aromatic rings. The minimum Gasteiger partial charge on any atom is -0.497 e. The lowest BCUT2D eigenvalue weighted by molar-refractivity contribution is -0.885. The average molecular weight is 384 g/mol. The van der Waals surface area contributed by atoms with E-state index in [2.05, 4.69) is 5.32 Å². The van der Waals surface area contributed by atoms with Gasteiger partial charge < -0.3 is 19.7 Å². The van der Waals surface area contributed by atoms with Crippen LogP contribution in [0, 0.1) is 0 Å². The summed E-state index contributed by atoms with van der Waals surface area (Å²) in [6, 6.07) is 10.7. The van der Waals surface area contributed by atoms with Crippen LogP contribution in [-0.2, 0) is 11.3 Å². The maximum atomic E-state index is 12.3. The number of likely N-dealkylation sites (N-methyl/N-ethyl adjacent to an activating group) is 1. The van der Waals surface area contributed by atoms with E-state index in [0.717, 1.165) is 10.5 Å². The van der Waals surface area contributed by atoms with Crippen molar-refractivity contribution in [1.82, 2.24) is 0 Å². The molecule has 2 N–H and O–H groups in total. The Morgan fingerprint density at radius 1 is 1.08 bits per heavy atom. The van der Waals surface area contributed by atoms with Gasteiger partial charge in [-0.25, -0.2) is 0 Å². The molecule has 7 heteroatoms. The Morgan fingerprint density at radius 2 is 1.84 bits per heavy atom. The molecule has 1 amide bonds. The standard InChI is InChI=1S/C18H20Cl2N2O3/c1-22(10-12-4-6-14(19)15(20)8-12)11-18(23)21-16-7-5-13(24-2)9-17(16)25-3/h4-9H,10-11H2,1-3H3,(H,21,23)/p+1. The topological polar surface area (TPSA) is 52.0 Å². The zero-order chi connectivity index (χ0) is 18.4. The first kappa shape index (κ1) is 19.4. The van der Waals surface area contributed by atoms with Gasteiger partial charge in [0.2, 0.25) is 0 Å². The van der Waals surface area contributed by atoms with E-state index in [1.807, 2.05) is 19.2 Å². The molecule has 0 bridgehead atoms. The number of hydrogen-bond acceptors (Lipinski definition) is 3. The van der Waals surface area contributed by atoms with Gasteiger partial charge in [-0.3, -0.25) is 4.79 Å². The minimum absolute atomic E-state index is 0.110. The number of nitrogens with one attached hydrogen (secondary N) is 2. The lowest BCUT2D eigenvalue weighted by Gasteiger charge is -2.15. The second-order valence-electron chi connectivity index (χ2n) is 5.67. The summed E-state index contributed by atoms with van der Waals surface area (Å²) < 4.78 is 10.4. The first-order valence-corrected chi connectivity index (χ1v) is 8.45. The van der Waals surface area contributed by atoms with Gasteiger partial charge in [0.15, 0.2) is 6.54 Å². The fourth-order valence-corrected chi connectivity index (χ4v) is 2.75. The third kappa shape index (κ3) is 5.53. The van der Waals surface area contributed by atoms with E-state index in [-0.39, 0.29) is 5.91 Å². The van der Waals surface area contributed by atoms with Crippen molar-refractivity contribution >= 4 is 34.8 Å². The smallest absolute Gasteiger partial charge is 0.279 e. The lowest BCUT2D eigenvalue weighted by atomic mass is 10.2. The van der Waals surface area contributed by atoms with E-state index in [0.29, 0.717) is 40.3 Å². The zero-order valence-electron chi connectivity index (χ0n) is 14.4. The minimum atomic E-state index is -0.110. The first-order chi connectivity index (χ1) is 11.9. The number of methoxy groups -OCH3 is 2. The van der Waals surface area contributed by atoms with Crippen molar-refractivity contribution in [2.24, 2.45) is 0 Å². The van der Waals surface area contributed by atoms with Crippen LogP contribution in [-0.4, -0.2) is 33.7 Å². The number of quaternary nitrogens is 1. The summed E-state index contributed by atoms with van der Waals surface area (Å²) in [4.78, 5) is 13.3. The van der Waals surface area contributed by atoms with Crippen LogP contribution < -0.4 is 19.7 Å². The van der Waals surface area contributed by atoms with Crippen molar-refractivity contribution in [3.05, 3.63) is 52.0 Å². The van der Waals surface area contributed by atoms with Gasteiger partial charge in [0.25, 0.3) is 5.91 Å². The Labute approximate surface area is 157 Å². The van der Waals surface area contributed by atoms with Crippen LogP contribution in [0.5, 0.6) is 11.5 Å². The second kappa shape index (κ2) is 8.94. The number of ether oxygens (including phenoxy) is 2. The number of hydrogen-bond donors (Lipinski definition) is 2. The number of carbonyl (C=O) groups excluding carboxylic acids is 1. The summed E-state index contributed by atoms with van der Waals surface area (Å²) in [7, 11) is 5.06. The number of amides is 1. The largest absolute Gasteiger partial charge is 0.497 e. The van der Waals surface area contributed by atoms with E-state index in [4.69, 9.17) is 32.7 Å². The highest BCUT2D eigenvalue weighted by Gasteiger charge is 2.14. The van der Waals surface area contributed by atoms with Crippen LogP contribution in [0.1, 0.15) is 5.56 Å². The lowest BCUT2D eigenvalue weighted by Crippen LogP contribution is -3.08. The van der Waals surface area contributed by atoms with Crippen LogP contribution in [0.25, 0.3) is 0 Å². The van der Waals surface area contributed by atoms with Gasteiger partial charge in [-0.15, -0.1) is 0 Å². The van der Waals surface area contributed by atoms with Crippen molar-refractivity contribution in [2.45, 2.75) is 6.54 Å². The average Bonchev–Trinajstić information content (AvgIpc) is 2.58. The number of rotatable bonds is 7. The molecule has 1 atom stereocenters. The molecule has 0 heterocycles. The molecule has 25 heavy (non-hydrogen) atoms. The molecule has 5 nitrogen and oxygen atoms in total. The van der Waals surface area contributed by atoms with Gasteiger partial charge in [-0.1, -0.05) is 29.3 Å². The van der Waals surface area contributed by atoms with Crippen LogP contribution >= 0.6 is 23.2 Å². The molecule has 0 spiro atoms. The van der Waals surface area contributed by atoms with Gasteiger partial charge in [-0.2, -0.15) is 0 Å². The summed E-state index contributed by atoms with van der Waals surface area (Å²) in [6.07, 6.45) is 0.